The second kappa shape index (κ2) is 12.8. The SMILES string of the molecule is COc1cc(COCCO)c(F)c([C@H](Nc2ccc(C(=N)N)c(OC(C)=O)c2)c2nn(-c3ncccn3)c(=O)[nH]2)c1. The van der Waals surface area contributed by atoms with E-state index in [0.717, 1.165) is 4.68 Å². The van der Waals surface area contributed by atoms with Crippen LogP contribution >= 0.6 is 0 Å². The van der Waals surface area contributed by atoms with Crippen LogP contribution in [0.4, 0.5) is 10.1 Å². The second-order valence-electron chi connectivity index (χ2n) is 8.54. The van der Waals surface area contributed by atoms with Gasteiger partial charge in [-0.1, -0.05) is 0 Å². The third-order valence-electron chi connectivity index (χ3n) is 5.68. The summed E-state index contributed by atoms with van der Waals surface area (Å²) in [6.45, 7) is 0.769. The molecule has 0 bridgehead atoms. The average molecular weight is 567 g/mol. The van der Waals surface area contributed by atoms with Gasteiger partial charge in [-0.2, -0.15) is 0 Å². The van der Waals surface area contributed by atoms with Crippen molar-refractivity contribution in [2.45, 2.75) is 19.6 Å². The molecule has 0 unspecified atom stereocenters. The number of aliphatic hydroxyl groups excluding tert-OH is 1. The highest BCUT2D eigenvalue weighted by molar-refractivity contribution is 5.98. The molecule has 214 valence electrons. The number of ether oxygens (including phenoxy) is 3. The minimum absolute atomic E-state index is 0.00494. The highest BCUT2D eigenvalue weighted by atomic mass is 19.1. The Hall–Kier alpha value is -5.15. The van der Waals surface area contributed by atoms with Crippen LogP contribution in [0.25, 0.3) is 5.95 Å². The van der Waals surface area contributed by atoms with Crippen LogP contribution in [0.3, 0.4) is 0 Å². The monoisotopic (exact) mass is 566 g/mol. The molecule has 0 fully saturated rings. The van der Waals surface area contributed by atoms with Crippen LogP contribution in [0.2, 0.25) is 0 Å². The van der Waals surface area contributed by atoms with Gasteiger partial charge >= 0.3 is 11.7 Å². The van der Waals surface area contributed by atoms with Crippen LogP contribution < -0.4 is 26.2 Å². The van der Waals surface area contributed by atoms with Crippen molar-refractivity contribution in [1.29, 1.82) is 5.41 Å². The molecule has 4 aromatic rings. The van der Waals surface area contributed by atoms with E-state index in [1.807, 2.05) is 0 Å². The number of esters is 1. The molecule has 6 N–H and O–H groups in total. The van der Waals surface area contributed by atoms with E-state index in [4.69, 9.17) is 30.5 Å². The summed E-state index contributed by atoms with van der Waals surface area (Å²) < 4.78 is 32.9. The van der Waals surface area contributed by atoms with Crippen molar-refractivity contribution in [3.8, 4) is 17.4 Å². The number of nitrogens with zero attached hydrogens (tertiary/aromatic N) is 4. The topological polar surface area (TPSA) is 203 Å². The average Bonchev–Trinajstić information content (AvgIpc) is 3.34. The fourth-order valence-electron chi connectivity index (χ4n) is 3.90. The van der Waals surface area contributed by atoms with E-state index < -0.39 is 23.5 Å². The molecule has 14 nitrogen and oxygen atoms in total. The number of nitrogen functional groups attached to an aromatic ring is 1. The number of aromatic amines is 1. The van der Waals surface area contributed by atoms with Gasteiger partial charge < -0.3 is 30.4 Å². The number of benzene rings is 2. The summed E-state index contributed by atoms with van der Waals surface area (Å²) in [4.78, 5) is 35.2. The van der Waals surface area contributed by atoms with Gasteiger partial charge in [0.25, 0.3) is 5.95 Å². The fourth-order valence-corrected chi connectivity index (χ4v) is 3.90. The van der Waals surface area contributed by atoms with Crippen molar-refractivity contribution >= 4 is 17.5 Å². The lowest BCUT2D eigenvalue weighted by molar-refractivity contribution is -0.131. The zero-order chi connectivity index (χ0) is 29.5. The van der Waals surface area contributed by atoms with Crippen LogP contribution in [0.5, 0.6) is 11.5 Å². The molecule has 2 heterocycles. The number of nitrogens with two attached hydrogens (primary N) is 1. The van der Waals surface area contributed by atoms with Gasteiger partial charge in [-0.25, -0.2) is 19.2 Å². The zero-order valence-corrected chi connectivity index (χ0v) is 22.1. The summed E-state index contributed by atoms with van der Waals surface area (Å²) >= 11 is 0. The zero-order valence-electron chi connectivity index (χ0n) is 22.1. The van der Waals surface area contributed by atoms with Crippen molar-refractivity contribution in [1.82, 2.24) is 24.7 Å². The first kappa shape index (κ1) is 28.8. The van der Waals surface area contributed by atoms with Crippen LogP contribution in [-0.4, -0.2) is 62.0 Å². The van der Waals surface area contributed by atoms with E-state index in [1.54, 1.807) is 6.07 Å². The van der Waals surface area contributed by atoms with Crippen LogP contribution in [0.1, 0.15) is 35.5 Å². The van der Waals surface area contributed by atoms with Crippen molar-refractivity contribution in [3.05, 3.63) is 87.6 Å². The molecule has 0 aliphatic carbocycles. The third-order valence-corrected chi connectivity index (χ3v) is 5.68. The van der Waals surface area contributed by atoms with Gasteiger partial charge in [-0.15, -0.1) is 9.78 Å². The maximum absolute atomic E-state index is 16.0. The summed E-state index contributed by atoms with van der Waals surface area (Å²) in [5, 5.41) is 24.3. The Balaban J connectivity index is 1.86. The molecule has 15 heteroatoms. The number of methoxy groups -OCH3 is 1. The lowest BCUT2D eigenvalue weighted by Gasteiger charge is -2.22. The Bertz CT molecular complexity index is 1610. The standard InChI is InChI=1S/C26H27FN8O6/c1-14(37)41-20-11-16(4-5-18(20)23(28)29)32-22(24-33-26(38)35(34-24)25-30-6-3-7-31-25)19-12-17(39-2)10-15(21(19)27)13-40-9-8-36/h3-7,10-12,22,32,36H,8-9,13H2,1-2H3,(H3,28,29)(H,33,34,38)/t22-/m0/s1. The molecule has 0 amide bonds. The number of H-pyrrole nitrogens is 1. The maximum Gasteiger partial charge on any atom is 0.350 e. The highest BCUT2D eigenvalue weighted by Crippen LogP contribution is 2.33. The number of nitrogens with one attached hydrogen (secondary N) is 3. The molecule has 2 aromatic heterocycles. The molecule has 0 saturated heterocycles. The number of anilines is 1. The lowest BCUT2D eigenvalue weighted by atomic mass is 10.0. The third kappa shape index (κ3) is 6.71. The molecule has 41 heavy (non-hydrogen) atoms. The minimum atomic E-state index is -1.15. The smallest absolute Gasteiger partial charge is 0.350 e. The number of hydrogen-bond acceptors (Lipinski definition) is 11. The minimum Gasteiger partial charge on any atom is -0.497 e. The number of rotatable bonds is 12. The van der Waals surface area contributed by atoms with Crippen LogP contribution in [0, 0.1) is 11.2 Å². The molecule has 0 radical (unpaired) electrons. The molecule has 4 rings (SSSR count). The molecular formula is C26H27FN8O6. The first-order chi connectivity index (χ1) is 19.7. The van der Waals surface area contributed by atoms with Gasteiger partial charge in [0.2, 0.25) is 0 Å². The Kier molecular flexibility index (Phi) is 9.01. The van der Waals surface area contributed by atoms with Crippen molar-refractivity contribution < 1.29 is 28.5 Å². The predicted molar refractivity (Wildman–Crippen MR) is 144 cm³/mol. The molecule has 1 atom stereocenters. The molecule has 0 aliphatic rings. The van der Waals surface area contributed by atoms with Gasteiger partial charge in [0.05, 0.1) is 32.5 Å². The maximum atomic E-state index is 16.0. The first-order valence-electron chi connectivity index (χ1n) is 12.2. The summed E-state index contributed by atoms with van der Waals surface area (Å²) in [7, 11) is 1.41. The fraction of sp³-hybridized carbons (Fsp3) is 0.231. The van der Waals surface area contributed by atoms with Crippen LogP contribution in [-0.2, 0) is 16.1 Å². The van der Waals surface area contributed by atoms with E-state index in [-0.39, 0.29) is 65.6 Å². The van der Waals surface area contributed by atoms with Crippen LogP contribution in [0.15, 0.2) is 53.6 Å². The van der Waals surface area contributed by atoms with Gasteiger partial charge in [0.1, 0.15) is 29.2 Å². The second-order valence-corrected chi connectivity index (χ2v) is 8.54. The number of carbonyl (C=O) groups excluding carboxylic acids is 1. The quantitative estimate of drug-likeness (QED) is 0.0545. The number of aliphatic hydroxyl groups is 1. The normalized spacial score (nSPS) is 11.6. The van der Waals surface area contributed by atoms with Crippen molar-refractivity contribution in [3.63, 3.8) is 0 Å². The first-order valence-corrected chi connectivity index (χ1v) is 12.2. The highest BCUT2D eigenvalue weighted by Gasteiger charge is 2.27. The van der Waals surface area contributed by atoms with E-state index >= 15 is 4.39 Å². The van der Waals surface area contributed by atoms with Gasteiger partial charge in [-0.05, 0) is 30.3 Å². The van der Waals surface area contributed by atoms with Gasteiger partial charge in [0, 0.05) is 42.2 Å². The predicted octanol–water partition coefficient (Wildman–Crippen LogP) is 1.42. The van der Waals surface area contributed by atoms with Gasteiger partial charge in [0.15, 0.2) is 5.82 Å². The Labute approximate surface area is 232 Å². The molecule has 0 aliphatic heterocycles. The Morgan fingerprint density at radius 1 is 1.27 bits per heavy atom. The summed E-state index contributed by atoms with van der Waals surface area (Å²) in [5.74, 6) is -1.40. The molecular weight excluding hydrogens is 539 g/mol. The summed E-state index contributed by atoms with van der Waals surface area (Å²) in [6.07, 6.45) is 2.87. The van der Waals surface area contributed by atoms with E-state index in [1.165, 1.54) is 56.8 Å². The van der Waals surface area contributed by atoms with E-state index in [0.29, 0.717) is 5.69 Å². The van der Waals surface area contributed by atoms with Gasteiger partial charge in [-0.3, -0.25) is 15.2 Å². The molecule has 0 saturated carbocycles. The Morgan fingerprint density at radius 3 is 2.68 bits per heavy atom. The lowest BCUT2D eigenvalue weighted by Crippen LogP contribution is -2.19. The largest absolute Gasteiger partial charge is 0.497 e. The number of carbonyl (C=O) groups is 1. The molecule has 2 aromatic carbocycles. The number of aromatic nitrogens is 5. The number of halogens is 1. The summed E-state index contributed by atoms with van der Waals surface area (Å²) in [5.41, 5.74) is 5.57. The molecule has 0 spiro atoms. The number of amidine groups is 1. The van der Waals surface area contributed by atoms with E-state index in [2.05, 4.69) is 25.4 Å². The van der Waals surface area contributed by atoms with E-state index in [9.17, 15) is 9.59 Å². The Morgan fingerprint density at radius 2 is 2.02 bits per heavy atom. The summed E-state index contributed by atoms with van der Waals surface area (Å²) in [6, 6.07) is 7.70. The number of hydrogen-bond donors (Lipinski definition) is 5. The van der Waals surface area contributed by atoms with Crippen molar-refractivity contribution in [2.75, 3.05) is 25.6 Å². The van der Waals surface area contributed by atoms with Crippen molar-refractivity contribution in [2.24, 2.45) is 5.73 Å².